The molecule has 1 aromatic rings. The Labute approximate surface area is 384 Å². The van der Waals surface area contributed by atoms with Gasteiger partial charge in [-0.2, -0.15) is 0 Å². The van der Waals surface area contributed by atoms with Gasteiger partial charge in [-0.15, -0.1) is 0 Å². The molecule has 370 valence electrons. The Morgan fingerprint density at radius 1 is 0.523 bits per heavy atom. The fourth-order valence-electron chi connectivity index (χ4n) is 6.38. The van der Waals surface area contributed by atoms with E-state index in [9.17, 15) is 38.7 Å². The quantitative estimate of drug-likeness (QED) is 0.0464. The number of rotatable bonds is 44. The molecule has 65 heavy (non-hydrogen) atoms. The van der Waals surface area contributed by atoms with Crippen molar-refractivity contribution in [1.82, 2.24) is 26.6 Å². The predicted molar refractivity (Wildman–Crippen MR) is 243 cm³/mol. The molecule has 0 aromatic heterocycles. The van der Waals surface area contributed by atoms with Gasteiger partial charge in [0.2, 0.25) is 23.6 Å². The minimum absolute atomic E-state index is 0.0344. The lowest BCUT2D eigenvalue weighted by Gasteiger charge is -2.14. The van der Waals surface area contributed by atoms with Crippen LogP contribution in [0.1, 0.15) is 115 Å². The Morgan fingerprint density at radius 2 is 0.985 bits per heavy atom. The van der Waals surface area contributed by atoms with Crippen molar-refractivity contribution < 1.29 is 67.5 Å². The minimum atomic E-state index is -1.19. The summed E-state index contributed by atoms with van der Waals surface area (Å²) < 4.78 is 27.0. The highest BCUT2D eigenvalue weighted by molar-refractivity contribution is 5.84. The summed E-state index contributed by atoms with van der Waals surface area (Å²) in [7, 11) is 1.76. The number of likely N-dealkylation sites (N-methyl/N-ethyl adjacent to an activating group) is 1. The second-order valence-electron chi connectivity index (χ2n) is 15.7. The van der Waals surface area contributed by atoms with Crippen LogP contribution in [0, 0.1) is 0 Å². The highest BCUT2D eigenvalue weighted by Gasteiger charge is 2.21. The van der Waals surface area contributed by atoms with Crippen LogP contribution >= 0.6 is 0 Å². The number of nitrogens with one attached hydrogen (secondary N) is 5. The first-order valence-electron chi connectivity index (χ1n) is 23.2. The summed E-state index contributed by atoms with van der Waals surface area (Å²) in [5.41, 5.74) is 1.01. The maximum Gasteiger partial charge on any atom is 0.326 e. The van der Waals surface area contributed by atoms with Crippen LogP contribution in [-0.4, -0.2) is 150 Å². The number of hydrogen-bond acceptors (Lipinski definition) is 13. The molecule has 0 aliphatic heterocycles. The Morgan fingerprint density at radius 3 is 1.46 bits per heavy atom. The number of hydrogen-bond donors (Lipinski definition) is 7. The van der Waals surface area contributed by atoms with E-state index >= 15 is 0 Å². The summed E-state index contributed by atoms with van der Waals surface area (Å²) in [6, 6.07) is 6.08. The van der Waals surface area contributed by atoms with Crippen LogP contribution in [0.5, 0.6) is 5.75 Å². The van der Waals surface area contributed by atoms with E-state index < -0.39 is 18.0 Å². The van der Waals surface area contributed by atoms with Gasteiger partial charge < -0.3 is 60.5 Å². The summed E-state index contributed by atoms with van der Waals surface area (Å²) in [6.45, 7) is 3.56. The summed E-state index contributed by atoms with van der Waals surface area (Å²) in [5.74, 6) is -2.49. The molecule has 2 atom stereocenters. The number of benzene rings is 1. The second kappa shape index (κ2) is 39.7. The first kappa shape index (κ1) is 58.3. The molecule has 0 aliphatic carbocycles. The zero-order chi connectivity index (χ0) is 47.8. The third-order valence-corrected chi connectivity index (χ3v) is 10.1. The number of Topliss-reactive ketones (excluding diaryl/α,β-unsaturated/α-hetero) is 1. The monoisotopic (exact) mass is 924 g/mol. The number of amides is 4. The summed E-state index contributed by atoms with van der Waals surface area (Å²) in [6.07, 6.45) is 13.3. The number of ether oxygens (including phenoxy) is 5. The van der Waals surface area contributed by atoms with Crippen molar-refractivity contribution in [3.63, 3.8) is 0 Å². The lowest BCUT2D eigenvalue weighted by Crippen LogP contribution is -2.41. The summed E-state index contributed by atoms with van der Waals surface area (Å²) >= 11 is 0. The largest absolute Gasteiger partial charge is 0.492 e. The van der Waals surface area contributed by atoms with E-state index in [1.165, 1.54) is 19.3 Å². The Bertz CT molecular complexity index is 1480. The molecule has 0 heterocycles. The van der Waals surface area contributed by atoms with Gasteiger partial charge in [-0.05, 0) is 57.4 Å². The van der Waals surface area contributed by atoms with Crippen LogP contribution < -0.4 is 31.3 Å². The smallest absolute Gasteiger partial charge is 0.326 e. The molecular weight excluding hydrogens is 847 g/mol. The summed E-state index contributed by atoms with van der Waals surface area (Å²) in [4.78, 5) is 82.2. The number of carbonyl (C=O) groups excluding carboxylic acids is 5. The van der Waals surface area contributed by atoms with E-state index in [0.29, 0.717) is 25.1 Å². The third-order valence-electron chi connectivity index (χ3n) is 10.1. The van der Waals surface area contributed by atoms with E-state index in [-0.39, 0.29) is 134 Å². The molecule has 0 spiro atoms. The van der Waals surface area contributed by atoms with Crippen LogP contribution in [-0.2, 0) is 58.9 Å². The molecule has 0 fully saturated rings. The maximum absolute atomic E-state index is 12.3. The Kier molecular flexibility index (Phi) is 35.6. The van der Waals surface area contributed by atoms with Crippen LogP contribution in [0.4, 0.5) is 0 Å². The van der Waals surface area contributed by atoms with Gasteiger partial charge in [-0.3, -0.25) is 28.8 Å². The number of ketones is 1. The fraction of sp³-hybridized carbons (Fsp3) is 0.717. The predicted octanol–water partition coefficient (Wildman–Crippen LogP) is 3.10. The molecule has 19 heteroatoms. The van der Waals surface area contributed by atoms with Gasteiger partial charge in [0.25, 0.3) is 0 Å². The molecule has 7 N–H and O–H groups in total. The molecule has 0 aliphatic rings. The highest BCUT2D eigenvalue weighted by atomic mass is 16.5. The van der Waals surface area contributed by atoms with Crippen molar-refractivity contribution >= 4 is 41.4 Å². The van der Waals surface area contributed by atoms with Gasteiger partial charge in [0, 0.05) is 32.4 Å². The highest BCUT2D eigenvalue weighted by Crippen LogP contribution is 2.15. The minimum Gasteiger partial charge on any atom is -0.492 e. The molecule has 0 radical (unpaired) electrons. The molecule has 2 unspecified atom stereocenters. The van der Waals surface area contributed by atoms with E-state index in [4.69, 9.17) is 28.8 Å². The standard InChI is InChI=1S/C46H77N5O14/c1-36(52)40(47-2)33-37-17-19-38(20-18-37)65-28-25-50-44(56)35-64-32-30-62-27-24-49-43(55)34-63-31-29-61-26-23-48-41(53)22-21-39(46(59)60)51-42(54)15-13-11-9-7-5-3-4-6-8-10-12-14-16-45(57)58/h17-20,39-40,47H,3-16,21-35H2,1-2H3,(H,48,53)(H,49,55)(H,50,56)(H,51,54)(H,57,58)(H,59,60). The molecule has 1 rings (SSSR count). The molecule has 0 saturated carbocycles. The Hall–Kier alpha value is -4.69. The lowest BCUT2D eigenvalue weighted by atomic mass is 10.0. The molecular formula is C46H77N5O14. The topological polar surface area (TPSA) is 266 Å². The lowest BCUT2D eigenvalue weighted by molar-refractivity contribution is -0.142. The van der Waals surface area contributed by atoms with Crippen LogP contribution in [0.3, 0.4) is 0 Å². The number of carboxylic acid groups (broad SMARTS) is 2. The zero-order valence-electron chi connectivity index (χ0n) is 38.8. The number of carbonyl (C=O) groups is 7. The molecule has 19 nitrogen and oxygen atoms in total. The number of carboxylic acids is 2. The number of aliphatic carboxylic acids is 2. The van der Waals surface area contributed by atoms with Crippen molar-refractivity contribution in [2.45, 2.75) is 128 Å². The van der Waals surface area contributed by atoms with Gasteiger partial charge in [-0.1, -0.05) is 76.3 Å². The van der Waals surface area contributed by atoms with Crippen LogP contribution in [0.2, 0.25) is 0 Å². The van der Waals surface area contributed by atoms with E-state index in [0.717, 1.165) is 56.9 Å². The van der Waals surface area contributed by atoms with Crippen LogP contribution in [0.15, 0.2) is 24.3 Å². The first-order chi connectivity index (χ1) is 31.4. The maximum atomic E-state index is 12.3. The third kappa shape index (κ3) is 35.3. The Balaban J connectivity index is 1.93. The fourth-order valence-corrected chi connectivity index (χ4v) is 6.38. The van der Waals surface area contributed by atoms with Crippen molar-refractivity contribution in [1.29, 1.82) is 0 Å². The number of unbranched alkanes of at least 4 members (excludes halogenated alkanes) is 11. The molecule has 1 aromatic carbocycles. The average molecular weight is 924 g/mol. The molecule has 0 bridgehead atoms. The van der Waals surface area contributed by atoms with E-state index in [1.807, 2.05) is 24.3 Å². The van der Waals surface area contributed by atoms with Gasteiger partial charge in [0.15, 0.2) is 0 Å². The second-order valence-corrected chi connectivity index (χ2v) is 15.7. The molecule has 0 saturated heterocycles. The van der Waals surface area contributed by atoms with E-state index in [2.05, 4.69) is 26.6 Å². The van der Waals surface area contributed by atoms with Crippen molar-refractivity contribution in [3.8, 4) is 5.75 Å². The SMILES string of the molecule is CNC(Cc1ccc(OCCNC(=O)COCCOCCNC(=O)COCCOCCNC(=O)CCC(NC(=O)CCCCCCCCCCCCCCC(=O)O)C(=O)O)cc1)C(C)=O. The molecule has 4 amide bonds. The van der Waals surface area contributed by atoms with Gasteiger partial charge in [0.05, 0.1) is 52.2 Å². The van der Waals surface area contributed by atoms with Crippen molar-refractivity contribution in [2.75, 3.05) is 86.1 Å². The zero-order valence-corrected chi connectivity index (χ0v) is 38.8. The van der Waals surface area contributed by atoms with Gasteiger partial charge in [-0.25, -0.2) is 4.79 Å². The van der Waals surface area contributed by atoms with Crippen molar-refractivity contribution in [2.24, 2.45) is 0 Å². The van der Waals surface area contributed by atoms with Crippen molar-refractivity contribution in [3.05, 3.63) is 29.8 Å². The average Bonchev–Trinajstić information content (AvgIpc) is 3.27. The van der Waals surface area contributed by atoms with E-state index in [1.54, 1.807) is 14.0 Å². The van der Waals surface area contributed by atoms with Crippen LogP contribution in [0.25, 0.3) is 0 Å². The van der Waals surface area contributed by atoms with Gasteiger partial charge >= 0.3 is 11.9 Å². The normalized spacial score (nSPS) is 11.9. The first-order valence-corrected chi connectivity index (χ1v) is 23.2. The van der Waals surface area contributed by atoms with Gasteiger partial charge in [0.1, 0.15) is 37.4 Å². The summed E-state index contributed by atoms with van der Waals surface area (Å²) in [5, 5.41) is 31.7.